The minimum Gasteiger partial charge on any atom is -0.494 e. The van der Waals surface area contributed by atoms with E-state index in [2.05, 4.69) is 0 Å². The monoisotopic (exact) mass is 257 g/mol. The summed E-state index contributed by atoms with van der Waals surface area (Å²) in [7, 11) is 0. The Morgan fingerprint density at radius 3 is 2.44 bits per heavy atom. The van der Waals surface area contributed by atoms with Crippen molar-refractivity contribution in [3.63, 3.8) is 0 Å². The third-order valence-corrected chi connectivity index (χ3v) is 2.88. The van der Waals surface area contributed by atoms with Crippen molar-refractivity contribution in [2.45, 2.75) is 5.88 Å². The zero-order valence-electron chi connectivity index (χ0n) is 8.19. The number of alkyl halides is 1. The van der Waals surface area contributed by atoms with Crippen LogP contribution in [0, 0.1) is 0 Å². The number of halogens is 2. The van der Waals surface area contributed by atoms with Gasteiger partial charge in [-0.15, -0.1) is 11.6 Å². The van der Waals surface area contributed by atoms with Gasteiger partial charge in [0.15, 0.2) is 5.88 Å². The number of nitrogens with zero attached hydrogens (tertiary/aromatic N) is 1. The van der Waals surface area contributed by atoms with Gasteiger partial charge in [0.1, 0.15) is 0 Å². The van der Waals surface area contributed by atoms with Crippen LogP contribution >= 0.6 is 23.2 Å². The Morgan fingerprint density at radius 2 is 1.88 bits per heavy atom. The van der Waals surface area contributed by atoms with Gasteiger partial charge in [-0.25, -0.2) is 4.57 Å². The van der Waals surface area contributed by atoms with E-state index in [-0.39, 0.29) is 17.6 Å². The fourth-order valence-electron chi connectivity index (χ4n) is 1.51. The SMILES string of the molecule is Oc1cc(CCl)c(O)n1-c1ccccc1Cl. The highest BCUT2D eigenvalue weighted by Gasteiger charge is 2.16. The smallest absolute Gasteiger partial charge is 0.203 e. The molecular weight excluding hydrogens is 249 g/mol. The average Bonchev–Trinajstić information content (AvgIpc) is 2.55. The molecule has 0 unspecified atom stereocenters. The molecule has 0 saturated heterocycles. The zero-order valence-corrected chi connectivity index (χ0v) is 9.70. The van der Waals surface area contributed by atoms with Gasteiger partial charge in [-0.1, -0.05) is 23.7 Å². The van der Waals surface area contributed by atoms with E-state index in [9.17, 15) is 10.2 Å². The molecule has 84 valence electrons. The molecule has 0 aliphatic carbocycles. The van der Waals surface area contributed by atoms with Crippen molar-refractivity contribution in [2.24, 2.45) is 0 Å². The minimum atomic E-state index is -0.0967. The van der Waals surface area contributed by atoms with Crippen LogP contribution in [-0.2, 0) is 5.88 Å². The molecule has 0 amide bonds. The van der Waals surface area contributed by atoms with Crippen LogP contribution < -0.4 is 0 Å². The summed E-state index contributed by atoms with van der Waals surface area (Å²) >= 11 is 11.6. The minimum absolute atomic E-state index is 0.0961. The Kier molecular flexibility index (Phi) is 2.99. The average molecular weight is 258 g/mol. The van der Waals surface area contributed by atoms with Gasteiger partial charge in [0, 0.05) is 11.6 Å². The number of para-hydroxylation sites is 1. The number of aromatic nitrogens is 1. The highest BCUT2D eigenvalue weighted by molar-refractivity contribution is 6.32. The first-order valence-electron chi connectivity index (χ1n) is 4.58. The van der Waals surface area contributed by atoms with Gasteiger partial charge in [0.2, 0.25) is 5.88 Å². The Bertz CT molecular complexity index is 523. The Balaban J connectivity index is 2.65. The lowest BCUT2D eigenvalue weighted by Gasteiger charge is -2.08. The summed E-state index contributed by atoms with van der Waals surface area (Å²) in [6.07, 6.45) is 0. The molecule has 2 rings (SSSR count). The van der Waals surface area contributed by atoms with Gasteiger partial charge in [-0.2, -0.15) is 0 Å². The van der Waals surface area contributed by atoms with Gasteiger partial charge >= 0.3 is 0 Å². The van der Waals surface area contributed by atoms with Crippen LogP contribution in [0.5, 0.6) is 11.8 Å². The topological polar surface area (TPSA) is 45.4 Å². The van der Waals surface area contributed by atoms with Gasteiger partial charge in [-0.05, 0) is 12.1 Å². The fraction of sp³-hybridized carbons (Fsp3) is 0.0909. The standard InChI is InChI=1S/C11H9Cl2NO2/c12-6-7-5-10(15)14(11(7)16)9-4-2-1-3-8(9)13/h1-5,15-16H,6H2. The zero-order chi connectivity index (χ0) is 11.7. The molecule has 0 saturated carbocycles. The maximum Gasteiger partial charge on any atom is 0.203 e. The summed E-state index contributed by atoms with van der Waals surface area (Å²) in [5, 5.41) is 20.0. The largest absolute Gasteiger partial charge is 0.494 e. The summed E-state index contributed by atoms with van der Waals surface area (Å²) < 4.78 is 1.25. The maximum atomic E-state index is 9.85. The van der Waals surface area contributed by atoms with Crippen LogP contribution in [0.1, 0.15) is 5.56 Å². The summed E-state index contributed by atoms with van der Waals surface area (Å²) in [5.41, 5.74) is 0.967. The molecular formula is C11H9Cl2NO2. The predicted molar refractivity (Wildman–Crippen MR) is 63.7 cm³/mol. The normalized spacial score (nSPS) is 10.6. The lowest BCUT2D eigenvalue weighted by atomic mass is 10.3. The Morgan fingerprint density at radius 1 is 1.19 bits per heavy atom. The highest BCUT2D eigenvalue weighted by atomic mass is 35.5. The van der Waals surface area contributed by atoms with E-state index in [1.54, 1.807) is 24.3 Å². The van der Waals surface area contributed by atoms with E-state index < -0.39 is 0 Å². The molecule has 2 aromatic rings. The van der Waals surface area contributed by atoms with Crippen molar-refractivity contribution in [3.05, 3.63) is 40.9 Å². The summed E-state index contributed by atoms with van der Waals surface area (Å²) in [5.74, 6) is -0.0709. The molecule has 3 nitrogen and oxygen atoms in total. The summed E-state index contributed by atoms with van der Waals surface area (Å²) in [6, 6.07) is 8.31. The van der Waals surface area contributed by atoms with Crippen LogP contribution in [-0.4, -0.2) is 14.8 Å². The van der Waals surface area contributed by atoms with E-state index in [0.29, 0.717) is 16.3 Å². The third kappa shape index (κ3) is 1.72. The van der Waals surface area contributed by atoms with E-state index in [0.717, 1.165) is 0 Å². The van der Waals surface area contributed by atoms with Crippen molar-refractivity contribution < 1.29 is 10.2 Å². The molecule has 0 aliphatic heterocycles. The first-order valence-corrected chi connectivity index (χ1v) is 5.50. The van der Waals surface area contributed by atoms with Gasteiger partial charge in [0.25, 0.3) is 0 Å². The van der Waals surface area contributed by atoms with E-state index in [4.69, 9.17) is 23.2 Å². The summed E-state index contributed by atoms with van der Waals surface area (Å²) in [6.45, 7) is 0. The second-order valence-corrected chi connectivity index (χ2v) is 3.95. The molecule has 0 aliphatic rings. The first-order chi connectivity index (χ1) is 7.65. The Hall–Kier alpha value is -1.32. The molecule has 16 heavy (non-hydrogen) atoms. The van der Waals surface area contributed by atoms with Crippen molar-refractivity contribution >= 4 is 23.2 Å². The van der Waals surface area contributed by atoms with Crippen molar-refractivity contribution in [2.75, 3.05) is 0 Å². The molecule has 0 bridgehead atoms. The molecule has 1 aromatic carbocycles. The Labute approximate surface area is 102 Å². The molecule has 1 aromatic heterocycles. The number of hydrogen-bond acceptors (Lipinski definition) is 2. The van der Waals surface area contributed by atoms with Gasteiger partial charge in [0.05, 0.1) is 16.6 Å². The second-order valence-electron chi connectivity index (χ2n) is 3.27. The molecule has 0 fully saturated rings. The van der Waals surface area contributed by atoms with E-state index in [1.165, 1.54) is 10.6 Å². The number of rotatable bonds is 2. The van der Waals surface area contributed by atoms with Crippen LogP contribution in [0.15, 0.2) is 30.3 Å². The first kappa shape index (κ1) is 11.2. The predicted octanol–water partition coefficient (Wildman–Crippen LogP) is 3.28. The number of hydrogen-bond donors (Lipinski definition) is 2. The summed E-state index contributed by atoms with van der Waals surface area (Å²) in [4.78, 5) is 0. The second kappa shape index (κ2) is 4.28. The molecule has 0 atom stereocenters. The molecule has 5 heteroatoms. The number of benzene rings is 1. The quantitative estimate of drug-likeness (QED) is 0.812. The van der Waals surface area contributed by atoms with E-state index in [1.807, 2.05) is 0 Å². The molecule has 0 spiro atoms. The van der Waals surface area contributed by atoms with Gasteiger partial charge < -0.3 is 10.2 Å². The highest BCUT2D eigenvalue weighted by Crippen LogP contribution is 2.34. The van der Waals surface area contributed by atoms with Crippen LogP contribution in [0.25, 0.3) is 5.69 Å². The van der Waals surface area contributed by atoms with Crippen molar-refractivity contribution in [3.8, 4) is 17.4 Å². The molecule has 1 heterocycles. The maximum absolute atomic E-state index is 9.85. The molecule has 0 radical (unpaired) electrons. The lowest BCUT2D eigenvalue weighted by Crippen LogP contribution is -1.93. The van der Waals surface area contributed by atoms with Crippen LogP contribution in [0.3, 0.4) is 0 Å². The third-order valence-electron chi connectivity index (χ3n) is 2.27. The lowest BCUT2D eigenvalue weighted by molar-refractivity contribution is 0.401. The number of aromatic hydroxyl groups is 2. The van der Waals surface area contributed by atoms with Crippen LogP contribution in [0.2, 0.25) is 5.02 Å². The van der Waals surface area contributed by atoms with Crippen molar-refractivity contribution in [1.29, 1.82) is 0 Å². The van der Waals surface area contributed by atoms with Crippen LogP contribution in [0.4, 0.5) is 0 Å². The van der Waals surface area contributed by atoms with E-state index >= 15 is 0 Å². The van der Waals surface area contributed by atoms with Gasteiger partial charge in [-0.3, -0.25) is 0 Å². The fourth-order valence-corrected chi connectivity index (χ4v) is 1.92. The van der Waals surface area contributed by atoms with Crippen molar-refractivity contribution in [1.82, 2.24) is 4.57 Å². The molecule has 2 N–H and O–H groups in total.